The average Bonchev–Trinajstić information content (AvgIpc) is 3.43. The molecule has 1 amide bonds. The second-order valence-corrected chi connectivity index (χ2v) is 12.0. The van der Waals surface area contributed by atoms with Gasteiger partial charge in [0.15, 0.2) is 6.04 Å². The van der Waals surface area contributed by atoms with Crippen LogP contribution in [-0.4, -0.2) is 43.5 Å². The van der Waals surface area contributed by atoms with Crippen LogP contribution in [0.15, 0.2) is 83.3 Å². The van der Waals surface area contributed by atoms with Gasteiger partial charge in [0.1, 0.15) is 0 Å². The van der Waals surface area contributed by atoms with Crippen molar-refractivity contribution in [3.8, 4) is 11.5 Å². The van der Waals surface area contributed by atoms with Crippen LogP contribution in [-0.2, 0) is 22.0 Å². The summed E-state index contributed by atoms with van der Waals surface area (Å²) in [6, 6.07) is 17.9. The molecule has 3 aromatic carbocycles. The molecule has 0 bridgehead atoms. The first-order chi connectivity index (χ1) is 19.7. The fourth-order valence-electron chi connectivity index (χ4n) is 4.50. The summed E-state index contributed by atoms with van der Waals surface area (Å²) in [5, 5.41) is 10.2. The van der Waals surface area contributed by atoms with E-state index in [9.17, 15) is 26.4 Å². The van der Waals surface area contributed by atoms with Crippen molar-refractivity contribution in [3.63, 3.8) is 0 Å². The van der Waals surface area contributed by atoms with Crippen LogP contribution in [0.1, 0.15) is 47.3 Å². The van der Waals surface area contributed by atoms with Crippen LogP contribution < -0.4 is 15.4 Å². The second-order valence-electron chi connectivity index (χ2n) is 10.0. The van der Waals surface area contributed by atoms with Crippen LogP contribution in [0.25, 0.3) is 11.5 Å². The predicted molar refractivity (Wildman–Crippen MR) is 152 cm³/mol. The van der Waals surface area contributed by atoms with Crippen LogP contribution in [0.5, 0.6) is 0 Å². The minimum atomic E-state index is -4.80. The SMILES string of the molecule is CCN(c1cc(C(=O)NC(c2ccccc2)C(F)(F)F)cc(-c2nnc([C@](C)(N)Cc3ccccc3)o2)c1)S(C)(=O)=O. The number of carbonyl (C=O) groups excluding carboxylic acids is 1. The van der Waals surface area contributed by atoms with Crippen molar-refractivity contribution in [3.05, 3.63) is 101 Å². The molecule has 1 aromatic heterocycles. The Kier molecular flexibility index (Phi) is 8.73. The van der Waals surface area contributed by atoms with Crippen molar-refractivity contribution in [2.75, 3.05) is 17.1 Å². The number of anilines is 1. The molecule has 0 saturated heterocycles. The molecule has 4 rings (SSSR count). The van der Waals surface area contributed by atoms with Gasteiger partial charge in [0.05, 0.1) is 17.5 Å². The maximum absolute atomic E-state index is 14.0. The van der Waals surface area contributed by atoms with E-state index in [0.29, 0.717) is 6.42 Å². The van der Waals surface area contributed by atoms with Gasteiger partial charge in [0.25, 0.3) is 5.91 Å². The van der Waals surface area contributed by atoms with E-state index < -0.39 is 33.7 Å². The van der Waals surface area contributed by atoms with E-state index in [2.05, 4.69) is 10.2 Å². The summed E-state index contributed by atoms with van der Waals surface area (Å²) in [7, 11) is -3.82. The number of sulfonamides is 1. The van der Waals surface area contributed by atoms with Crippen molar-refractivity contribution in [1.82, 2.24) is 15.5 Å². The Balaban J connectivity index is 1.75. The number of nitrogens with two attached hydrogens (primary N) is 1. The zero-order valence-corrected chi connectivity index (χ0v) is 23.9. The molecule has 0 aliphatic heterocycles. The van der Waals surface area contributed by atoms with Crippen molar-refractivity contribution in [2.24, 2.45) is 5.73 Å². The Labute approximate surface area is 241 Å². The molecule has 1 heterocycles. The number of alkyl halides is 3. The van der Waals surface area contributed by atoms with E-state index >= 15 is 0 Å². The van der Waals surface area contributed by atoms with E-state index in [1.54, 1.807) is 19.9 Å². The first-order valence-corrected chi connectivity index (χ1v) is 14.8. The van der Waals surface area contributed by atoms with Gasteiger partial charge >= 0.3 is 6.18 Å². The Bertz CT molecular complexity index is 1640. The minimum absolute atomic E-state index is 0.00837. The summed E-state index contributed by atoms with van der Waals surface area (Å²) in [6.45, 7) is 3.28. The molecule has 0 aliphatic carbocycles. The van der Waals surface area contributed by atoms with Gasteiger partial charge in [-0.2, -0.15) is 13.2 Å². The van der Waals surface area contributed by atoms with Gasteiger partial charge in [-0.15, -0.1) is 10.2 Å². The summed E-state index contributed by atoms with van der Waals surface area (Å²) in [5.74, 6) is -1.10. The zero-order valence-electron chi connectivity index (χ0n) is 23.1. The number of hydrogen-bond donors (Lipinski definition) is 2. The normalized spacial score (nSPS) is 14.2. The van der Waals surface area contributed by atoms with Gasteiger partial charge in [-0.1, -0.05) is 60.7 Å². The standard InChI is InChI=1S/C29H30F3N5O4S/c1-4-37(42(3,39)40)23-16-21(25(38)34-24(29(30,31)32)20-13-9-6-10-14-20)15-22(17-23)26-35-36-27(41-26)28(2,33)18-19-11-7-5-8-12-19/h5-17,24H,4,18,33H2,1-3H3,(H,34,38)/t24?,28-/m1/s1. The Morgan fingerprint density at radius 1 is 1.02 bits per heavy atom. The van der Waals surface area contributed by atoms with Gasteiger partial charge < -0.3 is 15.5 Å². The lowest BCUT2D eigenvalue weighted by Gasteiger charge is -2.24. The van der Waals surface area contributed by atoms with Crippen LogP contribution in [0.3, 0.4) is 0 Å². The summed E-state index contributed by atoms with van der Waals surface area (Å²) in [5.41, 5.74) is 6.09. The largest absolute Gasteiger partial charge is 0.419 e. The number of halogens is 3. The fraction of sp³-hybridized carbons (Fsp3) is 0.276. The third-order valence-corrected chi connectivity index (χ3v) is 7.74. The molecule has 9 nitrogen and oxygen atoms in total. The summed E-state index contributed by atoms with van der Waals surface area (Å²) >= 11 is 0. The molecule has 2 atom stereocenters. The molecule has 42 heavy (non-hydrogen) atoms. The van der Waals surface area contributed by atoms with Crippen LogP contribution >= 0.6 is 0 Å². The van der Waals surface area contributed by atoms with E-state index in [-0.39, 0.29) is 40.7 Å². The molecule has 3 N–H and O–H groups in total. The summed E-state index contributed by atoms with van der Waals surface area (Å²) in [6.07, 6.45) is -3.46. The van der Waals surface area contributed by atoms with Crippen molar-refractivity contribution >= 4 is 21.6 Å². The molecular formula is C29H30F3N5O4S. The van der Waals surface area contributed by atoms with Crippen LogP contribution in [0, 0.1) is 0 Å². The topological polar surface area (TPSA) is 131 Å². The minimum Gasteiger partial charge on any atom is -0.419 e. The van der Waals surface area contributed by atoms with Crippen molar-refractivity contribution < 1.29 is 30.8 Å². The number of benzene rings is 3. The monoisotopic (exact) mass is 601 g/mol. The van der Waals surface area contributed by atoms with Gasteiger partial charge in [-0.05, 0) is 49.6 Å². The lowest BCUT2D eigenvalue weighted by molar-refractivity contribution is -0.155. The Hall–Kier alpha value is -4.23. The Morgan fingerprint density at radius 2 is 1.64 bits per heavy atom. The highest BCUT2D eigenvalue weighted by Gasteiger charge is 2.42. The van der Waals surface area contributed by atoms with Gasteiger partial charge in [-0.3, -0.25) is 9.10 Å². The number of nitrogens with one attached hydrogen (secondary N) is 1. The first kappa shape index (κ1) is 30.7. The number of rotatable bonds is 10. The molecule has 0 fully saturated rings. The molecule has 13 heteroatoms. The molecule has 0 aliphatic rings. The molecule has 222 valence electrons. The third kappa shape index (κ3) is 7.15. The third-order valence-electron chi connectivity index (χ3n) is 6.47. The molecule has 4 aromatic rings. The molecule has 0 spiro atoms. The van der Waals surface area contributed by atoms with E-state index in [1.165, 1.54) is 42.5 Å². The molecule has 0 radical (unpaired) electrons. The molecule has 1 unspecified atom stereocenters. The maximum atomic E-state index is 14.0. The van der Waals surface area contributed by atoms with E-state index in [0.717, 1.165) is 16.1 Å². The summed E-state index contributed by atoms with van der Waals surface area (Å²) in [4.78, 5) is 13.3. The van der Waals surface area contributed by atoms with Crippen molar-refractivity contribution in [1.29, 1.82) is 0 Å². The lowest BCUT2D eigenvalue weighted by Crippen LogP contribution is -2.38. The number of carbonyl (C=O) groups is 1. The number of aromatic nitrogens is 2. The predicted octanol–water partition coefficient (Wildman–Crippen LogP) is 4.97. The van der Waals surface area contributed by atoms with E-state index in [1.807, 2.05) is 35.6 Å². The van der Waals surface area contributed by atoms with Crippen molar-refractivity contribution in [2.45, 2.75) is 38.0 Å². The van der Waals surface area contributed by atoms with Crippen LogP contribution in [0.4, 0.5) is 18.9 Å². The zero-order chi connectivity index (χ0) is 30.7. The average molecular weight is 602 g/mol. The van der Waals surface area contributed by atoms with E-state index in [4.69, 9.17) is 10.2 Å². The second kappa shape index (κ2) is 11.9. The van der Waals surface area contributed by atoms with Gasteiger partial charge in [0.2, 0.25) is 21.8 Å². The molecular weight excluding hydrogens is 571 g/mol. The highest BCUT2D eigenvalue weighted by molar-refractivity contribution is 7.92. The Morgan fingerprint density at radius 3 is 2.21 bits per heavy atom. The smallest absolute Gasteiger partial charge is 0.412 e. The lowest BCUT2D eigenvalue weighted by atomic mass is 9.94. The quantitative estimate of drug-likeness (QED) is 0.262. The number of amides is 1. The van der Waals surface area contributed by atoms with Gasteiger partial charge in [-0.25, -0.2) is 8.42 Å². The molecule has 0 saturated carbocycles. The van der Waals surface area contributed by atoms with Crippen LogP contribution in [0.2, 0.25) is 0 Å². The first-order valence-electron chi connectivity index (χ1n) is 12.9. The number of nitrogens with zero attached hydrogens (tertiary/aromatic N) is 3. The highest BCUT2D eigenvalue weighted by atomic mass is 32.2. The van der Waals surface area contributed by atoms with Gasteiger partial charge in [0, 0.05) is 17.7 Å². The maximum Gasteiger partial charge on any atom is 0.412 e. The highest BCUT2D eigenvalue weighted by Crippen LogP contribution is 2.34. The number of hydrogen-bond acceptors (Lipinski definition) is 7. The summed E-state index contributed by atoms with van der Waals surface area (Å²) < 4.78 is 73.8. The fourth-order valence-corrected chi connectivity index (χ4v) is 5.46.